The zero-order chi connectivity index (χ0) is 24.7. The maximum Gasteiger partial charge on any atom is 0.268 e. The summed E-state index contributed by atoms with van der Waals surface area (Å²) in [6.07, 6.45) is 5.51. The summed E-state index contributed by atoms with van der Waals surface area (Å²) in [6.45, 7) is 0. The molecule has 35 heavy (non-hydrogen) atoms. The Labute approximate surface area is 204 Å². The van der Waals surface area contributed by atoms with Crippen molar-refractivity contribution in [3.8, 4) is 17.1 Å². The number of nitrogens with zero attached hydrogens (tertiary/aromatic N) is 3. The number of benzene rings is 2. The van der Waals surface area contributed by atoms with Crippen molar-refractivity contribution in [2.75, 3.05) is 16.7 Å². The number of ether oxygens (including phenoxy) is 1. The van der Waals surface area contributed by atoms with E-state index in [4.69, 9.17) is 20.8 Å². The van der Waals surface area contributed by atoms with E-state index in [1.54, 1.807) is 12.1 Å². The van der Waals surface area contributed by atoms with E-state index in [9.17, 15) is 18.0 Å². The van der Waals surface area contributed by atoms with Gasteiger partial charge in [0.1, 0.15) is 5.75 Å². The van der Waals surface area contributed by atoms with E-state index in [1.165, 1.54) is 62.4 Å². The van der Waals surface area contributed by atoms with Crippen LogP contribution in [-0.4, -0.2) is 37.3 Å². The number of pyridine rings is 1. The molecule has 176 valence electrons. The van der Waals surface area contributed by atoms with Crippen LogP contribution in [0.1, 0.15) is 20.7 Å². The number of aromatic nitrogens is 2. The average molecular weight is 511 g/mol. The fourth-order valence-electron chi connectivity index (χ4n) is 3.65. The zero-order valence-corrected chi connectivity index (χ0v) is 19.5. The number of anilines is 2. The highest BCUT2D eigenvalue weighted by Crippen LogP contribution is 2.38. The molecular weight excluding hydrogens is 496 g/mol. The molecule has 0 saturated heterocycles. The Hall–Kier alpha value is -4.22. The van der Waals surface area contributed by atoms with Crippen molar-refractivity contribution >= 4 is 44.8 Å². The van der Waals surface area contributed by atoms with E-state index in [1.807, 2.05) is 0 Å². The first kappa shape index (κ1) is 22.6. The lowest BCUT2D eigenvalue weighted by Crippen LogP contribution is -2.29. The largest absolute Gasteiger partial charge is 0.495 e. The summed E-state index contributed by atoms with van der Waals surface area (Å²) in [6, 6.07) is 10.0. The van der Waals surface area contributed by atoms with Crippen molar-refractivity contribution in [1.29, 1.82) is 0 Å². The summed E-state index contributed by atoms with van der Waals surface area (Å²) in [5.41, 5.74) is 0.438. The smallest absolute Gasteiger partial charge is 0.268 e. The van der Waals surface area contributed by atoms with Crippen LogP contribution in [0.4, 0.5) is 11.4 Å². The summed E-state index contributed by atoms with van der Waals surface area (Å²) < 4.78 is 38.9. The van der Waals surface area contributed by atoms with Crippen LogP contribution in [0.5, 0.6) is 5.75 Å². The molecule has 4 aromatic rings. The number of rotatable bonds is 6. The van der Waals surface area contributed by atoms with Crippen molar-refractivity contribution in [2.45, 2.75) is 4.90 Å². The Bertz CT molecular complexity index is 1570. The van der Waals surface area contributed by atoms with Crippen molar-refractivity contribution in [1.82, 2.24) is 9.97 Å². The highest BCUT2D eigenvalue weighted by molar-refractivity contribution is 7.92. The minimum absolute atomic E-state index is 0.0102. The minimum Gasteiger partial charge on any atom is -0.495 e. The number of halogens is 1. The van der Waals surface area contributed by atoms with Gasteiger partial charge in [-0.1, -0.05) is 11.6 Å². The quantitative estimate of drug-likeness (QED) is 0.385. The molecule has 2 aromatic heterocycles. The van der Waals surface area contributed by atoms with Crippen LogP contribution >= 0.6 is 11.6 Å². The Morgan fingerprint density at radius 2 is 1.71 bits per heavy atom. The molecule has 0 unspecified atom stereocenters. The van der Waals surface area contributed by atoms with E-state index < -0.39 is 21.8 Å². The van der Waals surface area contributed by atoms with E-state index in [2.05, 4.69) is 14.7 Å². The van der Waals surface area contributed by atoms with Crippen LogP contribution in [0.25, 0.3) is 11.3 Å². The predicted molar refractivity (Wildman–Crippen MR) is 126 cm³/mol. The molecule has 0 aliphatic carbocycles. The number of imide groups is 1. The SMILES string of the molecule is COc1cncc(N2C(=O)c3c(Cl)ccc(NS(=O)(=O)c4ccc(-c5cnco5)cc4)c3C2=O)c1. The molecule has 3 heterocycles. The molecule has 2 amide bonds. The monoisotopic (exact) mass is 510 g/mol. The maximum atomic E-state index is 13.3. The number of hydrogen-bond acceptors (Lipinski definition) is 8. The molecule has 1 aliphatic heterocycles. The molecule has 0 saturated carbocycles. The van der Waals surface area contributed by atoms with Gasteiger partial charge in [-0.2, -0.15) is 0 Å². The summed E-state index contributed by atoms with van der Waals surface area (Å²) in [5.74, 6) is -0.642. The molecular formula is C23H15ClN4O6S. The lowest BCUT2D eigenvalue weighted by Gasteiger charge is -2.14. The second kappa shape index (κ2) is 8.53. The average Bonchev–Trinajstić information content (AvgIpc) is 3.48. The Kier molecular flexibility index (Phi) is 5.50. The molecule has 1 N–H and O–H groups in total. The van der Waals surface area contributed by atoms with Crippen LogP contribution < -0.4 is 14.4 Å². The van der Waals surface area contributed by atoms with Gasteiger partial charge >= 0.3 is 0 Å². The third-order valence-electron chi connectivity index (χ3n) is 5.31. The first-order valence-electron chi connectivity index (χ1n) is 10.0. The fourth-order valence-corrected chi connectivity index (χ4v) is 4.96. The van der Waals surface area contributed by atoms with E-state index >= 15 is 0 Å². The standard InChI is InChI=1S/C23H15ClN4O6S/c1-33-15-8-14(9-25-10-15)28-22(29)20-17(24)6-7-18(21(20)23(28)30)27-35(31,32)16-4-2-13(3-5-16)19-11-26-12-34-19/h2-12,27H,1H3. The van der Waals surface area contributed by atoms with Crippen molar-refractivity contribution in [3.05, 3.63) is 83.6 Å². The zero-order valence-electron chi connectivity index (χ0n) is 17.9. The lowest BCUT2D eigenvalue weighted by atomic mass is 10.1. The van der Waals surface area contributed by atoms with Gasteiger partial charge in [-0.05, 0) is 36.4 Å². The molecule has 2 aromatic carbocycles. The molecule has 12 heteroatoms. The van der Waals surface area contributed by atoms with Crippen LogP contribution in [0.2, 0.25) is 5.02 Å². The number of hydrogen-bond donors (Lipinski definition) is 1. The molecule has 10 nitrogen and oxygen atoms in total. The van der Waals surface area contributed by atoms with Gasteiger partial charge in [-0.3, -0.25) is 19.3 Å². The van der Waals surface area contributed by atoms with E-state index in [-0.39, 0.29) is 32.4 Å². The van der Waals surface area contributed by atoms with Gasteiger partial charge in [0, 0.05) is 11.6 Å². The van der Waals surface area contributed by atoms with Crippen LogP contribution in [0.3, 0.4) is 0 Å². The first-order chi connectivity index (χ1) is 16.8. The second-order valence-electron chi connectivity index (χ2n) is 7.37. The highest BCUT2D eigenvalue weighted by atomic mass is 35.5. The number of carbonyl (C=O) groups is 2. The number of amides is 2. The Balaban J connectivity index is 1.51. The second-order valence-corrected chi connectivity index (χ2v) is 9.46. The summed E-state index contributed by atoms with van der Waals surface area (Å²) in [4.78, 5) is 35.1. The van der Waals surface area contributed by atoms with Gasteiger partial charge in [0.05, 0.1) is 58.1 Å². The topological polar surface area (TPSA) is 132 Å². The number of carbonyl (C=O) groups excluding carboxylic acids is 2. The number of fused-ring (bicyclic) bond motifs is 1. The molecule has 0 fully saturated rings. The van der Waals surface area contributed by atoms with Crippen LogP contribution in [0, 0.1) is 0 Å². The summed E-state index contributed by atoms with van der Waals surface area (Å²) >= 11 is 6.24. The molecule has 0 bridgehead atoms. The molecule has 0 atom stereocenters. The third-order valence-corrected chi connectivity index (χ3v) is 7.00. The van der Waals surface area contributed by atoms with E-state index in [0.717, 1.165) is 4.90 Å². The number of oxazole rings is 1. The lowest BCUT2D eigenvalue weighted by molar-refractivity contribution is 0.0926. The predicted octanol–water partition coefficient (Wildman–Crippen LogP) is 4.00. The summed E-state index contributed by atoms with van der Waals surface area (Å²) in [5, 5.41) is 0.0102. The maximum absolute atomic E-state index is 13.3. The Morgan fingerprint density at radius 3 is 2.40 bits per heavy atom. The minimum atomic E-state index is -4.12. The van der Waals surface area contributed by atoms with Crippen LogP contribution in [0.15, 0.2) is 76.8 Å². The fraction of sp³-hybridized carbons (Fsp3) is 0.0435. The number of nitrogens with one attached hydrogen (secondary N) is 1. The summed E-state index contributed by atoms with van der Waals surface area (Å²) in [7, 11) is -2.70. The molecule has 1 aliphatic rings. The van der Waals surface area contributed by atoms with Crippen LogP contribution in [-0.2, 0) is 10.0 Å². The molecule has 5 rings (SSSR count). The van der Waals surface area contributed by atoms with Crippen molar-refractivity contribution in [2.24, 2.45) is 0 Å². The normalized spacial score (nSPS) is 13.1. The van der Waals surface area contributed by atoms with E-state index in [0.29, 0.717) is 17.1 Å². The van der Waals surface area contributed by atoms with Gasteiger partial charge in [0.2, 0.25) is 0 Å². The van der Waals surface area contributed by atoms with Gasteiger partial charge in [-0.25, -0.2) is 18.3 Å². The number of sulfonamides is 1. The third kappa shape index (κ3) is 3.90. The number of methoxy groups -OCH3 is 1. The first-order valence-corrected chi connectivity index (χ1v) is 11.9. The van der Waals surface area contributed by atoms with Crippen molar-refractivity contribution < 1.29 is 27.2 Å². The molecule has 0 spiro atoms. The van der Waals surface area contributed by atoms with Gasteiger partial charge in [-0.15, -0.1) is 0 Å². The van der Waals surface area contributed by atoms with Gasteiger partial charge in [0.15, 0.2) is 12.2 Å². The Morgan fingerprint density at radius 1 is 0.971 bits per heavy atom. The van der Waals surface area contributed by atoms with Gasteiger partial charge in [0.25, 0.3) is 21.8 Å². The highest BCUT2D eigenvalue weighted by Gasteiger charge is 2.41. The van der Waals surface area contributed by atoms with Crippen molar-refractivity contribution in [3.63, 3.8) is 0 Å². The molecule has 0 radical (unpaired) electrons. The van der Waals surface area contributed by atoms with Gasteiger partial charge < -0.3 is 9.15 Å².